The van der Waals surface area contributed by atoms with E-state index in [0.29, 0.717) is 0 Å². The molecule has 0 saturated heterocycles. The fourth-order valence-electron chi connectivity index (χ4n) is 9.29. The summed E-state index contributed by atoms with van der Waals surface area (Å²) in [5.74, 6) is 0. The molecule has 9 rings (SSSR count). The Morgan fingerprint density at radius 1 is 0.321 bits per heavy atom. The molecule has 9 aromatic rings. The van der Waals surface area contributed by atoms with E-state index < -0.39 is 15.1 Å². The molecular formula is C54H56P2. The fraction of sp³-hybridized carbons (Fsp3) is 0.296. The summed E-state index contributed by atoms with van der Waals surface area (Å²) in [5, 5.41) is 20.2. The summed E-state index contributed by atoms with van der Waals surface area (Å²) in [6.07, 6.45) is 18.5. The summed E-state index contributed by atoms with van der Waals surface area (Å²) in [5.41, 5.74) is 2.96. The Bertz CT molecular complexity index is 2570. The number of aryl methyl sites for hydroxylation is 2. The molecule has 0 saturated carbocycles. The molecule has 0 amide bonds. The zero-order valence-corrected chi connectivity index (χ0v) is 35.3. The third kappa shape index (κ3) is 7.45. The van der Waals surface area contributed by atoms with Crippen molar-refractivity contribution in [1.29, 1.82) is 0 Å². The van der Waals surface area contributed by atoms with Crippen LogP contribution in [0.1, 0.15) is 102 Å². The van der Waals surface area contributed by atoms with Gasteiger partial charge in [-0.15, -0.1) is 0 Å². The first-order valence-corrected chi connectivity index (χ1v) is 24.4. The van der Waals surface area contributed by atoms with Gasteiger partial charge in [-0.05, 0) is 127 Å². The third-order valence-electron chi connectivity index (χ3n) is 12.4. The lowest BCUT2D eigenvalue weighted by molar-refractivity contribution is 0.607. The monoisotopic (exact) mass is 766 g/mol. The van der Waals surface area contributed by atoms with Crippen molar-refractivity contribution >= 4 is 78.6 Å². The highest BCUT2D eigenvalue weighted by Crippen LogP contribution is 2.61. The van der Waals surface area contributed by atoms with Gasteiger partial charge in [0.05, 0.1) is 0 Å². The Kier molecular flexibility index (Phi) is 11.3. The lowest BCUT2D eigenvalue weighted by atomic mass is 10.0. The van der Waals surface area contributed by atoms with Crippen LogP contribution in [-0.2, 0) is 12.8 Å². The first kappa shape index (κ1) is 37.2. The van der Waals surface area contributed by atoms with Crippen LogP contribution in [0.15, 0.2) is 133 Å². The quantitative estimate of drug-likeness (QED) is 0.0859. The summed E-state index contributed by atoms with van der Waals surface area (Å²) in [6, 6.07) is 52.9. The molecule has 0 fully saturated rings. The Morgan fingerprint density at radius 3 is 1.04 bits per heavy atom. The van der Waals surface area contributed by atoms with Gasteiger partial charge in [-0.2, -0.15) is 0 Å². The van der Waals surface area contributed by atoms with Gasteiger partial charge in [0.15, 0.2) is 0 Å². The molecule has 2 heterocycles. The second kappa shape index (κ2) is 17.0. The predicted molar refractivity (Wildman–Crippen MR) is 254 cm³/mol. The highest BCUT2D eigenvalue weighted by molar-refractivity contribution is 7.69. The van der Waals surface area contributed by atoms with Crippen LogP contribution < -0.4 is 0 Å². The number of hydrogen-bond donors (Lipinski definition) is 0. The van der Waals surface area contributed by atoms with Crippen molar-refractivity contribution in [3.05, 3.63) is 145 Å². The van der Waals surface area contributed by atoms with Gasteiger partial charge in [0.2, 0.25) is 0 Å². The average molecular weight is 767 g/mol. The molecule has 2 unspecified atom stereocenters. The van der Waals surface area contributed by atoms with Crippen LogP contribution in [-0.4, -0.2) is 0 Å². The van der Waals surface area contributed by atoms with Crippen LogP contribution in [0.2, 0.25) is 0 Å². The minimum absolute atomic E-state index is 0.688. The SMILES string of the molecule is CCCCCCCCc1ccc(-p2c3cc4ccccc4cc3c3cc4c(cc32)c2cc3ccccc3cc2p4-c2ccc(CCCCCCCC)cc2)cc1. The van der Waals surface area contributed by atoms with Crippen molar-refractivity contribution in [2.24, 2.45) is 0 Å². The van der Waals surface area contributed by atoms with Crippen molar-refractivity contribution < 1.29 is 0 Å². The Morgan fingerprint density at radius 2 is 0.643 bits per heavy atom. The molecule has 0 nitrogen and oxygen atoms in total. The zero-order valence-electron chi connectivity index (χ0n) is 33.5. The lowest BCUT2D eigenvalue weighted by Gasteiger charge is -2.08. The second-order valence-corrected chi connectivity index (χ2v) is 20.7. The molecule has 0 aliphatic heterocycles. The first-order chi connectivity index (χ1) is 27.7. The molecule has 0 aliphatic carbocycles. The Hall–Kier alpha value is -4.34. The van der Waals surface area contributed by atoms with E-state index in [9.17, 15) is 0 Å². The molecule has 0 N–H and O–H groups in total. The van der Waals surface area contributed by atoms with Gasteiger partial charge in [0, 0.05) is 20.5 Å². The average Bonchev–Trinajstić information content (AvgIpc) is 3.71. The zero-order chi connectivity index (χ0) is 37.8. The van der Waals surface area contributed by atoms with E-state index in [1.165, 1.54) is 175 Å². The minimum Gasteiger partial charge on any atom is -0.0772 e. The van der Waals surface area contributed by atoms with Gasteiger partial charge in [-0.3, -0.25) is 0 Å². The van der Waals surface area contributed by atoms with Gasteiger partial charge in [0.1, 0.15) is 0 Å². The molecule has 0 aliphatic rings. The smallest absolute Gasteiger partial charge is 0.00751 e. The first-order valence-electron chi connectivity index (χ1n) is 21.7. The minimum atomic E-state index is -0.688. The van der Waals surface area contributed by atoms with E-state index in [1.54, 1.807) is 0 Å². The van der Waals surface area contributed by atoms with Crippen LogP contribution in [0.25, 0.3) is 74.2 Å². The van der Waals surface area contributed by atoms with Crippen molar-refractivity contribution in [3.8, 4) is 10.6 Å². The molecule has 0 radical (unpaired) electrons. The van der Waals surface area contributed by atoms with E-state index in [-0.39, 0.29) is 0 Å². The molecule has 282 valence electrons. The Balaban J connectivity index is 1.18. The number of hydrogen-bond acceptors (Lipinski definition) is 0. The van der Waals surface area contributed by atoms with Crippen LogP contribution in [0.3, 0.4) is 0 Å². The van der Waals surface area contributed by atoms with Crippen molar-refractivity contribution in [1.82, 2.24) is 0 Å². The molecule has 0 spiro atoms. The highest BCUT2D eigenvalue weighted by atomic mass is 31.1. The van der Waals surface area contributed by atoms with E-state index in [1.807, 2.05) is 0 Å². The predicted octanol–water partition coefficient (Wildman–Crippen LogP) is 18.4. The third-order valence-corrected chi connectivity index (χ3v) is 17.4. The largest absolute Gasteiger partial charge is 0.0772 e. The standard InChI is InChI=1S/C54H56P2/c1-3-5-7-9-11-13-19-39-25-29-45(30-26-39)55-51-35-43-23-17-15-21-41(43)33-47(51)49-38-54-50(37-53(49)55)48-34-42-22-16-18-24-44(42)36-52(48)56(54)46-31-27-40(28-32-46)20-14-12-10-8-6-4-2/h15-18,21-38H,3-14,19-20H2,1-2H3. The van der Waals surface area contributed by atoms with Crippen LogP contribution in [0.4, 0.5) is 0 Å². The van der Waals surface area contributed by atoms with Crippen LogP contribution in [0.5, 0.6) is 0 Å². The van der Waals surface area contributed by atoms with Crippen LogP contribution in [0, 0.1) is 0 Å². The Labute approximate surface area is 336 Å². The van der Waals surface area contributed by atoms with Crippen LogP contribution >= 0.6 is 15.1 Å². The molecule has 2 atom stereocenters. The number of rotatable bonds is 16. The van der Waals surface area contributed by atoms with Crippen molar-refractivity contribution in [2.75, 3.05) is 0 Å². The maximum atomic E-state index is 2.65. The molecule has 2 heteroatoms. The molecule has 7 aromatic carbocycles. The number of fused-ring (bicyclic) bond motifs is 8. The number of unbranched alkanes of at least 4 members (excludes halogenated alkanes) is 10. The lowest BCUT2D eigenvalue weighted by Crippen LogP contribution is -1.86. The van der Waals surface area contributed by atoms with Gasteiger partial charge >= 0.3 is 0 Å². The topological polar surface area (TPSA) is 0 Å². The molecular weight excluding hydrogens is 711 g/mol. The van der Waals surface area contributed by atoms with Crippen molar-refractivity contribution in [3.63, 3.8) is 0 Å². The summed E-state index contributed by atoms with van der Waals surface area (Å²) >= 11 is 0. The molecule has 56 heavy (non-hydrogen) atoms. The summed E-state index contributed by atoms with van der Waals surface area (Å²) < 4.78 is 0. The fourth-order valence-corrected chi connectivity index (χ4v) is 14.6. The summed E-state index contributed by atoms with van der Waals surface area (Å²) in [6.45, 7) is 4.60. The maximum Gasteiger partial charge on any atom is 0.00751 e. The molecule has 2 aromatic heterocycles. The van der Waals surface area contributed by atoms with Gasteiger partial charge in [0.25, 0.3) is 0 Å². The summed E-state index contributed by atoms with van der Waals surface area (Å²) in [7, 11) is -1.38. The number of benzene rings is 7. The van der Waals surface area contributed by atoms with Gasteiger partial charge < -0.3 is 0 Å². The van der Waals surface area contributed by atoms with Gasteiger partial charge in [-0.1, -0.05) is 190 Å². The van der Waals surface area contributed by atoms with Crippen molar-refractivity contribution in [2.45, 2.75) is 104 Å². The normalized spacial score (nSPS) is 12.7. The van der Waals surface area contributed by atoms with E-state index >= 15 is 0 Å². The molecule has 0 bridgehead atoms. The van der Waals surface area contributed by atoms with Gasteiger partial charge in [-0.25, -0.2) is 0 Å². The second-order valence-electron chi connectivity index (χ2n) is 16.4. The van der Waals surface area contributed by atoms with E-state index in [4.69, 9.17) is 0 Å². The maximum absolute atomic E-state index is 2.65. The summed E-state index contributed by atoms with van der Waals surface area (Å²) in [4.78, 5) is 0. The van der Waals surface area contributed by atoms with E-state index in [2.05, 4.69) is 147 Å². The van der Waals surface area contributed by atoms with E-state index in [0.717, 1.165) is 0 Å². The highest BCUT2D eigenvalue weighted by Gasteiger charge is 2.21.